The summed E-state index contributed by atoms with van der Waals surface area (Å²) < 4.78 is 10.9. The number of aryl methyl sites for hydroxylation is 1. The van der Waals surface area contributed by atoms with Crippen molar-refractivity contribution in [3.05, 3.63) is 71.3 Å². The molecule has 1 fully saturated rings. The number of carbonyl (C=O) groups is 2. The van der Waals surface area contributed by atoms with Crippen molar-refractivity contribution in [3.8, 4) is 0 Å². The molecule has 0 spiro atoms. The average Bonchev–Trinajstić information content (AvgIpc) is 3.09. The fraction of sp³-hybridized carbons (Fsp3) is 0.440. The second kappa shape index (κ2) is 9.90. The van der Waals surface area contributed by atoms with Crippen molar-refractivity contribution in [1.82, 2.24) is 4.90 Å². The van der Waals surface area contributed by atoms with Gasteiger partial charge in [0.2, 0.25) is 5.54 Å². The van der Waals surface area contributed by atoms with Crippen molar-refractivity contribution < 1.29 is 19.1 Å². The van der Waals surface area contributed by atoms with Crippen LogP contribution in [0.15, 0.2) is 54.6 Å². The van der Waals surface area contributed by atoms with Gasteiger partial charge in [0.1, 0.15) is 0 Å². The molecule has 30 heavy (non-hydrogen) atoms. The Bertz CT molecular complexity index is 829. The predicted octanol–water partition coefficient (Wildman–Crippen LogP) is 3.92. The van der Waals surface area contributed by atoms with Gasteiger partial charge >= 0.3 is 11.9 Å². The van der Waals surface area contributed by atoms with Gasteiger partial charge in [0.05, 0.1) is 13.2 Å². The van der Waals surface area contributed by atoms with Crippen molar-refractivity contribution in [2.45, 2.75) is 45.7 Å². The molecule has 2 aromatic rings. The van der Waals surface area contributed by atoms with Crippen LogP contribution < -0.4 is 0 Å². The maximum Gasteiger partial charge on any atom is 0.338 e. The number of nitrogens with zero attached hydrogens (tertiary/aromatic N) is 1. The van der Waals surface area contributed by atoms with Crippen molar-refractivity contribution in [2.24, 2.45) is 5.92 Å². The van der Waals surface area contributed by atoms with Crippen LogP contribution in [0.3, 0.4) is 0 Å². The highest BCUT2D eigenvalue weighted by Crippen LogP contribution is 2.41. The maximum absolute atomic E-state index is 13.4. The van der Waals surface area contributed by atoms with Crippen molar-refractivity contribution >= 4 is 11.9 Å². The van der Waals surface area contributed by atoms with E-state index in [1.807, 2.05) is 42.2 Å². The van der Waals surface area contributed by atoms with Crippen LogP contribution >= 0.6 is 0 Å². The Morgan fingerprint density at radius 1 is 0.933 bits per heavy atom. The van der Waals surface area contributed by atoms with Gasteiger partial charge in [-0.15, -0.1) is 0 Å². The molecule has 3 rings (SSSR count). The summed E-state index contributed by atoms with van der Waals surface area (Å²) in [6, 6.07) is 18.1. The fourth-order valence-electron chi connectivity index (χ4n) is 4.38. The maximum atomic E-state index is 13.4. The van der Waals surface area contributed by atoms with E-state index >= 15 is 0 Å². The largest absolute Gasteiger partial charge is 0.464 e. The fourth-order valence-corrected chi connectivity index (χ4v) is 4.38. The molecule has 0 aliphatic carbocycles. The van der Waals surface area contributed by atoms with Crippen LogP contribution in [-0.2, 0) is 32.0 Å². The van der Waals surface area contributed by atoms with Crippen LogP contribution in [0.1, 0.15) is 37.0 Å². The standard InChI is InChI=1S/C25H31NO4/c1-4-29-23(27)25(24(28)30-5-2)22(17-20-13-11-19(3)12-14-20)15-16-26(25)18-21-9-7-6-8-10-21/h6-14,22H,4-5,15-18H2,1-3H3. The topological polar surface area (TPSA) is 55.8 Å². The Balaban J connectivity index is 2.01. The summed E-state index contributed by atoms with van der Waals surface area (Å²) in [7, 11) is 0. The Morgan fingerprint density at radius 2 is 1.53 bits per heavy atom. The van der Waals surface area contributed by atoms with E-state index in [9.17, 15) is 9.59 Å². The van der Waals surface area contributed by atoms with E-state index in [4.69, 9.17) is 9.47 Å². The summed E-state index contributed by atoms with van der Waals surface area (Å²) in [4.78, 5) is 28.7. The van der Waals surface area contributed by atoms with Gasteiger partial charge in [-0.2, -0.15) is 0 Å². The zero-order chi connectivity index (χ0) is 21.6. The van der Waals surface area contributed by atoms with Gasteiger partial charge in [0.25, 0.3) is 0 Å². The summed E-state index contributed by atoms with van der Waals surface area (Å²) in [5.74, 6) is -1.23. The van der Waals surface area contributed by atoms with Crippen LogP contribution in [0.25, 0.3) is 0 Å². The average molecular weight is 410 g/mol. The molecule has 5 nitrogen and oxygen atoms in total. The molecule has 1 atom stereocenters. The zero-order valence-electron chi connectivity index (χ0n) is 18.1. The molecular formula is C25H31NO4. The number of ether oxygens (including phenoxy) is 2. The van der Waals surface area contributed by atoms with Gasteiger partial charge in [-0.05, 0) is 44.7 Å². The first-order chi connectivity index (χ1) is 14.5. The number of hydrogen-bond acceptors (Lipinski definition) is 5. The lowest BCUT2D eigenvalue weighted by Gasteiger charge is -2.37. The Hall–Kier alpha value is -2.66. The molecule has 1 heterocycles. The number of esters is 2. The molecule has 1 unspecified atom stereocenters. The van der Waals surface area contributed by atoms with Crippen LogP contribution in [0.2, 0.25) is 0 Å². The third kappa shape index (κ3) is 4.41. The lowest BCUT2D eigenvalue weighted by Crippen LogP contribution is -2.61. The predicted molar refractivity (Wildman–Crippen MR) is 116 cm³/mol. The molecule has 5 heteroatoms. The molecule has 0 aromatic heterocycles. The highest BCUT2D eigenvalue weighted by Gasteiger charge is 2.62. The molecular weight excluding hydrogens is 378 g/mol. The third-order valence-electron chi connectivity index (χ3n) is 5.83. The lowest BCUT2D eigenvalue weighted by atomic mass is 9.80. The highest BCUT2D eigenvalue weighted by molar-refractivity contribution is 6.06. The summed E-state index contributed by atoms with van der Waals surface area (Å²) in [6.45, 7) is 7.13. The molecule has 0 N–H and O–H groups in total. The van der Waals surface area contributed by atoms with Crippen LogP contribution in [0.5, 0.6) is 0 Å². The minimum Gasteiger partial charge on any atom is -0.464 e. The molecule has 1 aliphatic heterocycles. The Morgan fingerprint density at radius 3 is 2.10 bits per heavy atom. The van der Waals surface area contributed by atoms with Gasteiger partial charge in [0.15, 0.2) is 0 Å². The molecule has 0 amide bonds. The molecule has 160 valence electrons. The van der Waals surface area contributed by atoms with E-state index in [0.29, 0.717) is 19.5 Å². The third-order valence-corrected chi connectivity index (χ3v) is 5.83. The molecule has 0 radical (unpaired) electrons. The Labute approximate surface area is 179 Å². The van der Waals surface area contributed by atoms with E-state index in [-0.39, 0.29) is 19.1 Å². The van der Waals surface area contributed by atoms with Gasteiger partial charge < -0.3 is 9.47 Å². The van der Waals surface area contributed by atoms with Crippen molar-refractivity contribution in [1.29, 1.82) is 0 Å². The van der Waals surface area contributed by atoms with E-state index in [1.54, 1.807) is 13.8 Å². The number of rotatable bonds is 8. The minimum absolute atomic E-state index is 0.219. The molecule has 1 aliphatic rings. The van der Waals surface area contributed by atoms with E-state index in [2.05, 4.69) is 24.3 Å². The Kier molecular flexibility index (Phi) is 7.27. The van der Waals surface area contributed by atoms with Gasteiger partial charge in [-0.3, -0.25) is 4.90 Å². The lowest BCUT2D eigenvalue weighted by molar-refractivity contribution is -0.176. The van der Waals surface area contributed by atoms with Crippen LogP contribution in [-0.4, -0.2) is 42.1 Å². The van der Waals surface area contributed by atoms with Gasteiger partial charge in [0, 0.05) is 19.0 Å². The van der Waals surface area contributed by atoms with Gasteiger partial charge in [-0.25, -0.2) is 9.59 Å². The van der Waals surface area contributed by atoms with Crippen molar-refractivity contribution in [2.75, 3.05) is 19.8 Å². The summed E-state index contributed by atoms with van der Waals surface area (Å²) in [5, 5.41) is 0. The highest BCUT2D eigenvalue weighted by atomic mass is 16.6. The van der Waals surface area contributed by atoms with Crippen LogP contribution in [0.4, 0.5) is 0 Å². The molecule has 0 bridgehead atoms. The second-order valence-electron chi connectivity index (χ2n) is 7.79. The molecule has 0 saturated carbocycles. The van der Waals surface area contributed by atoms with E-state index < -0.39 is 17.5 Å². The summed E-state index contributed by atoms with van der Waals surface area (Å²) >= 11 is 0. The van der Waals surface area contributed by atoms with E-state index in [0.717, 1.165) is 17.5 Å². The first kappa shape index (κ1) is 22.0. The minimum atomic E-state index is -1.44. The first-order valence-electron chi connectivity index (χ1n) is 10.7. The molecule has 2 aromatic carbocycles. The number of benzene rings is 2. The number of likely N-dealkylation sites (tertiary alicyclic amines) is 1. The number of carbonyl (C=O) groups excluding carboxylic acids is 2. The first-order valence-corrected chi connectivity index (χ1v) is 10.7. The summed E-state index contributed by atoms with van der Waals surface area (Å²) in [6.07, 6.45) is 1.33. The summed E-state index contributed by atoms with van der Waals surface area (Å²) in [5.41, 5.74) is 1.89. The molecule has 1 saturated heterocycles. The van der Waals surface area contributed by atoms with E-state index in [1.165, 1.54) is 5.56 Å². The normalized spacial score (nSPS) is 18.2. The van der Waals surface area contributed by atoms with Crippen molar-refractivity contribution in [3.63, 3.8) is 0 Å². The number of hydrogen-bond donors (Lipinski definition) is 0. The second-order valence-corrected chi connectivity index (χ2v) is 7.79. The smallest absolute Gasteiger partial charge is 0.338 e. The zero-order valence-corrected chi connectivity index (χ0v) is 18.1. The monoisotopic (exact) mass is 409 g/mol. The van der Waals surface area contributed by atoms with Gasteiger partial charge in [-0.1, -0.05) is 60.2 Å². The van der Waals surface area contributed by atoms with Crippen LogP contribution in [0, 0.1) is 12.8 Å². The SMILES string of the molecule is CCOC(=O)C1(C(=O)OCC)C(Cc2ccc(C)cc2)CCN1Cc1ccccc1. The quantitative estimate of drug-likeness (QED) is 0.489.